The molecular weight excluding hydrogens is 467 g/mol. The van der Waals surface area contributed by atoms with Crippen LogP contribution in [0.15, 0.2) is 88.8 Å². The summed E-state index contributed by atoms with van der Waals surface area (Å²) in [5.74, 6) is 0.356. The number of benzene rings is 3. The number of hydrogen-bond acceptors (Lipinski definition) is 6. The van der Waals surface area contributed by atoms with E-state index in [-0.39, 0.29) is 22.1 Å². The molecule has 2 aromatic heterocycles. The Hall–Kier alpha value is -3.99. The fourth-order valence-corrected chi connectivity index (χ4v) is 4.82. The van der Waals surface area contributed by atoms with Crippen molar-refractivity contribution in [3.8, 4) is 0 Å². The Balaban J connectivity index is 1.57. The van der Waals surface area contributed by atoms with Crippen molar-refractivity contribution in [2.75, 3.05) is 5.32 Å². The van der Waals surface area contributed by atoms with Crippen LogP contribution in [0.5, 0.6) is 0 Å². The van der Waals surface area contributed by atoms with Gasteiger partial charge in [-0.3, -0.25) is 0 Å². The Morgan fingerprint density at radius 3 is 2.26 bits per heavy atom. The zero-order chi connectivity index (χ0) is 23.9. The third-order valence-corrected chi connectivity index (χ3v) is 6.94. The van der Waals surface area contributed by atoms with Crippen LogP contribution in [-0.2, 0) is 22.6 Å². The summed E-state index contributed by atoms with van der Waals surface area (Å²) in [4.78, 5) is 4.56. The first-order chi connectivity index (χ1) is 16.2. The number of alkyl halides is 3. The number of anilines is 1. The Morgan fingerprint density at radius 2 is 1.56 bits per heavy atom. The van der Waals surface area contributed by atoms with Crippen molar-refractivity contribution in [1.82, 2.24) is 19.8 Å². The topological polar surface area (TPSA) is 89.2 Å². The third-order valence-electron chi connectivity index (χ3n) is 5.27. The quantitative estimate of drug-likeness (QED) is 0.388. The summed E-state index contributed by atoms with van der Waals surface area (Å²) >= 11 is 0. The standard InChI is InChI=1S/C23H16F3N5O2S/c24-23(25,26)16-12-10-15(11-13-16)14-27-20-18-8-4-5-9-19(18)31-21(28-20)22(29-30-31)34(32,33)17-6-2-1-3-7-17/h1-13H,14H2,(H,27,28). The average molecular weight is 483 g/mol. The molecule has 0 aliphatic carbocycles. The van der Waals surface area contributed by atoms with Gasteiger partial charge < -0.3 is 5.32 Å². The normalized spacial score (nSPS) is 12.3. The van der Waals surface area contributed by atoms with Gasteiger partial charge in [0.15, 0.2) is 5.65 Å². The summed E-state index contributed by atoms with van der Waals surface area (Å²) in [5.41, 5.74) is 0.478. The Morgan fingerprint density at radius 1 is 0.882 bits per heavy atom. The van der Waals surface area contributed by atoms with Crippen LogP contribution in [0.3, 0.4) is 0 Å². The molecule has 1 N–H and O–H groups in total. The fraction of sp³-hybridized carbons (Fsp3) is 0.0870. The number of hydrogen-bond donors (Lipinski definition) is 1. The first-order valence-corrected chi connectivity index (χ1v) is 11.6. The van der Waals surface area contributed by atoms with Crippen LogP contribution in [0.2, 0.25) is 0 Å². The second kappa shape index (κ2) is 8.10. The van der Waals surface area contributed by atoms with Crippen LogP contribution in [0.4, 0.5) is 19.0 Å². The van der Waals surface area contributed by atoms with Gasteiger partial charge in [-0.15, -0.1) is 5.10 Å². The molecule has 0 aliphatic rings. The van der Waals surface area contributed by atoms with E-state index in [2.05, 4.69) is 20.6 Å². The molecule has 34 heavy (non-hydrogen) atoms. The van der Waals surface area contributed by atoms with E-state index in [4.69, 9.17) is 0 Å². The summed E-state index contributed by atoms with van der Waals surface area (Å²) in [7, 11) is -3.98. The van der Waals surface area contributed by atoms with Crippen molar-refractivity contribution >= 4 is 32.2 Å². The van der Waals surface area contributed by atoms with Gasteiger partial charge in [-0.2, -0.15) is 17.7 Å². The van der Waals surface area contributed by atoms with Gasteiger partial charge in [-0.1, -0.05) is 47.7 Å². The molecule has 0 amide bonds. The first kappa shape index (κ1) is 21.8. The predicted molar refractivity (Wildman–Crippen MR) is 119 cm³/mol. The van der Waals surface area contributed by atoms with E-state index < -0.39 is 21.6 Å². The highest BCUT2D eigenvalue weighted by atomic mass is 32.2. The lowest BCUT2D eigenvalue weighted by Gasteiger charge is -2.11. The minimum Gasteiger partial charge on any atom is -0.365 e. The van der Waals surface area contributed by atoms with E-state index in [0.717, 1.165) is 12.1 Å². The van der Waals surface area contributed by atoms with E-state index in [1.54, 1.807) is 42.5 Å². The molecule has 0 fully saturated rings. The van der Waals surface area contributed by atoms with Crippen molar-refractivity contribution in [1.29, 1.82) is 0 Å². The molecule has 0 saturated heterocycles. The fourth-order valence-electron chi connectivity index (χ4n) is 3.56. The van der Waals surface area contributed by atoms with Crippen molar-refractivity contribution < 1.29 is 21.6 Å². The summed E-state index contributed by atoms with van der Waals surface area (Å²) in [5, 5.41) is 11.4. The second-order valence-electron chi connectivity index (χ2n) is 7.47. The summed E-state index contributed by atoms with van der Waals surface area (Å²) < 4.78 is 66.2. The Labute approximate surface area is 191 Å². The van der Waals surface area contributed by atoms with Gasteiger partial charge >= 0.3 is 6.18 Å². The molecule has 11 heteroatoms. The predicted octanol–water partition coefficient (Wildman–Crippen LogP) is 4.74. The van der Waals surface area contributed by atoms with Crippen LogP contribution < -0.4 is 5.32 Å². The number of nitrogens with zero attached hydrogens (tertiary/aromatic N) is 4. The van der Waals surface area contributed by atoms with E-state index in [1.165, 1.54) is 28.8 Å². The van der Waals surface area contributed by atoms with Crippen LogP contribution in [0, 0.1) is 0 Å². The molecule has 0 spiro atoms. The van der Waals surface area contributed by atoms with Crippen molar-refractivity contribution in [3.05, 3.63) is 90.0 Å². The van der Waals surface area contributed by atoms with Crippen LogP contribution in [-0.4, -0.2) is 28.2 Å². The van der Waals surface area contributed by atoms with Gasteiger partial charge in [0.25, 0.3) is 0 Å². The SMILES string of the molecule is O=S(=O)(c1ccccc1)c1nnn2c1nc(NCc1ccc(C(F)(F)F)cc1)c1ccccc12. The number of para-hydroxylation sites is 1. The number of halogens is 3. The van der Waals surface area contributed by atoms with Crippen molar-refractivity contribution in [2.45, 2.75) is 22.6 Å². The molecule has 3 aromatic carbocycles. The van der Waals surface area contributed by atoms with Gasteiger partial charge in [-0.05, 0) is 42.0 Å². The Bertz CT molecular complexity index is 1600. The molecule has 0 unspecified atom stereocenters. The second-order valence-corrected chi connectivity index (χ2v) is 9.34. The molecule has 172 valence electrons. The monoisotopic (exact) mass is 483 g/mol. The molecule has 0 atom stereocenters. The zero-order valence-corrected chi connectivity index (χ0v) is 18.2. The molecule has 5 rings (SSSR count). The molecule has 0 bridgehead atoms. The summed E-state index contributed by atoms with van der Waals surface area (Å²) in [6, 6.07) is 19.7. The maximum atomic E-state index is 13.2. The lowest BCUT2D eigenvalue weighted by atomic mass is 10.1. The van der Waals surface area contributed by atoms with Gasteiger partial charge in [0.05, 0.1) is 16.0 Å². The summed E-state index contributed by atoms with van der Waals surface area (Å²) in [6.45, 7) is 0.174. The third kappa shape index (κ3) is 3.83. The van der Waals surface area contributed by atoms with Gasteiger partial charge in [0.1, 0.15) is 5.82 Å². The minimum absolute atomic E-state index is 0.0393. The van der Waals surface area contributed by atoms with E-state index in [1.807, 2.05) is 0 Å². The number of nitrogens with one attached hydrogen (secondary N) is 1. The maximum absolute atomic E-state index is 13.2. The number of aromatic nitrogens is 4. The maximum Gasteiger partial charge on any atom is 0.416 e. The lowest BCUT2D eigenvalue weighted by Crippen LogP contribution is -2.08. The van der Waals surface area contributed by atoms with Gasteiger partial charge in [-0.25, -0.2) is 13.4 Å². The molecular formula is C23H16F3N5O2S. The largest absolute Gasteiger partial charge is 0.416 e. The summed E-state index contributed by atoms with van der Waals surface area (Å²) in [6.07, 6.45) is -4.41. The molecule has 2 heterocycles. The highest BCUT2D eigenvalue weighted by Gasteiger charge is 2.30. The number of fused-ring (bicyclic) bond motifs is 3. The minimum atomic E-state index is -4.41. The van der Waals surface area contributed by atoms with Gasteiger partial charge in [0.2, 0.25) is 14.9 Å². The lowest BCUT2D eigenvalue weighted by molar-refractivity contribution is -0.137. The van der Waals surface area contributed by atoms with Crippen molar-refractivity contribution in [2.24, 2.45) is 0 Å². The number of sulfone groups is 1. The van der Waals surface area contributed by atoms with E-state index >= 15 is 0 Å². The molecule has 7 nitrogen and oxygen atoms in total. The molecule has 0 radical (unpaired) electrons. The van der Waals surface area contributed by atoms with Crippen LogP contribution in [0.1, 0.15) is 11.1 Å². The van der Waals surface area contributed by atoms with Crippen LogP contribution in [0.25, 0.3) is 16.6 Å². The van der Waals surface area contributed by atoms with Crippen molar-refractivity contribution in [3.63, 3.8) is 0 Å². The molecule has 0 aliphatic heterocycles. The average Bonchev–Trinajstić information content (AvgIpc) is 3.28. The van der Waals surface area contributed by atoms with Gasteiger partial charge in [0, 0.05) is 11.9 Å². The molecule has 5 aromatic rings. The number of rotatable bonds is 5. The molecule has 0 saturated carbocycles. The smallest absolute Gasteiger partial charge is 0.365 e. The Kier molecular flexibility index (Phi) is 5.20. The highest BCUT2D eigenvalue weighted by Crippen LogP contribution is 2.30. The highest BCUT2D eigenvalue weighted by molar-refractivity contribution is 7.91. The zero-order valence-electron chi connectivity index (χ0n) is 17.4. The van der Waals surface area contributed by atoms with E-state index in [0.29, 0.717) is 22.3 Å². The van der Waals surface area contributed by atoms with Crippen LogP contribution >= 0.6 is 0 Å². The van der Waals surface area contributed by atoms with E-state index in [9.17, 15) is 21.6 Å². The first-order valence-electron chi connectivity index (χ1n) is 10.1.